The monoisotopic (exact) mass is 394 g/mol. The lowest BCUT2D eigenvalue weighted by Gasteiger charge is -2.24. The van der Waals surface area contributed by atoms with Crippen molar-refractivity contribution >= 4 is 12.0 Å². The highest BCUT2D eigenvalue weighted by Gasteiger charge is 2.21. The second-order valence-electron chi connectivity index (χ2n) is 7.53. The van der Waals surface area contributed by atoms with Crippen molar-refractivity contribution in [1.29, 1.82) is 0 Å². The quantitative estimate of drug-likeness (QED) is 0.691. The number of likely N-dealkylation sites (N-methyl/N-ethyl adjacent to an activating group) is 1. The number of nitrogens with zero attached hydrogens (tertiary/aromatic N) is 1. The van der Waals surface area contributed by atoms with E-state index >= 15 is 0 Å². The van der Waals surface area contributed by atoms with Gasteiger partial charge in [0.15, 0.2) is 0 Å². The van der Waals surface area contributed by atoms with Crippen LogP contribution in [0.15, 0.2) is 48.5 Å². The standard InChI is InChI=1S/C24H30N2O3/c1-5-28-22-15-20-13-17(2)29-23(20)14-19(22)11-12-24(27)25-16-21(26(3)4)18-9-7-6-8-10-18/h6-12,14-15,17,21H,5,13,16H2,1-4H3,(H,25,27). The Morgan fingerprint density at radius 3 is 2.76 bits per heavy atom. The summed E-state index contributed by atoms with van der Waals surface area (Å²) < 4.78 is 11.6. The second kappa shape index (κ2) is 9.61. The molecule has 5 nitrogen and oxygen atoms in total. The van der Waals surface area contributed by atoms with Crippen LogP contribution in [-0.4, -0.2) is 44.2 Å². The molecule has 3 rings (SSSR count). The van der Waals surface area contributed by atoms with Gasteiger partial charge in [-0.25, -0.2) is 0 Å². The van der Waals surface area contributed by atoms with E-state index in [0.29, 0.717) is 13.2 Å². The smallest absolute Gasteiger partial charge is 0.244 e. The van der Waals surface area contributed by atoms with Crippen LogP contribution in [0.4, 0.5) is 0 Å². The van der Waals surface area contributed by atoms with E-state index in [1.54, 1.807) is 12.2 Å². The molecule has 0 bridgehead atoms. The number of rotatable bonds is 8. The fourth-order valence-corrected chi connectivity index (χ4v) is 3.56. The second-order valence-corrected chi connectivity index (χ2v) is 7.53. The van der Waals surface area contributed by atoms with Crippen molar-refractivity contribution in [2.45, 2.75) is 32.4 Å². The van der Waals surface area contributed by atoms with Crippen LogP contribution in [0.1, 0.15) is 36.6 Å². The number of hydrogen-bond donors (Lipinski definition) is 1. The Labute approximate surface area is 173 Å². The molecule has 1 amide bonds. The number of carbonyl (C=O) groups is 1. The maximum Gasteiger partial charge on any atom is 0.244 e. The minimum atomic E-state index is -0.134. The molecule has 0 aromatic heterocycles. The van der Waals surface area contributed by atoms with Gasteiger partial charge in [0, 0.05) is 30.2 Å². The number of hydrogen-bond acceptors (Lipinski definition) is 4. The lowest BCUT2D eigenvalue weighted by atomic mass is 10.1. The zero-order valence-corrected chi connectivity index (χ0v) is 17.6. The van der Waals surface area contributed by atoms with E-state index in [-0.39, 0.29) is 18.1 Å². The van der Waals surface area contributed by atoms with Gasteiger partial charge < -0.3 is 19.7 Å². The molecule has 2 aromatic carbocycles. The molecule has 0 saturated carbocycles. The predicted molar refractivity (Wildman–Crippen MR) is 116 cm³/mol. The Morgan fingerprint density at radius 1 is 1.31 bits per heavy atom. The molecule has 0 spiro atoms. The Balaban J connectivity index is 1.68. The molecule has 1 heterocycles. The van der Waals surface area contributed by atoms with E-state index in [4.69, 9.17) is 9.47 Å². The highest BCUT2D eigenvalue weighted by Crippen LogP contribution is 2.35. The van der Waals surface area contributed by atoms with Crippen LogP contribution in [0.25, 0.3) is 6.08 Å². The molecular formula is C24H30N2O3. The van der Waals surface area contributed by atoms with Crippen LogP contribution >= 0.6 is 0 Å². The van der Waals surface area contributed by atoms with Crippen molar-refractivity contribution in [3.05, 3.63) is 65.2 Å². The number of amides is 1. The van der Waals surface area contributed by atoms with Gasteiger partial charge in [-0.1, -0.05) is 30.3 Å². The average molecular weight is 395 g/mol. The van der Waals surface area contributed by atoms with Crippen LogP contribution in [0.2, 0.25) is 0 Å². The summed E-state index contributed by atoms with van der Waals surface area (Å²) in [7, 11) is 4.03. The molecule has 1 N–H and O–H groups in total. The van der Waals surface area contributed by atoms with Gasteiger partial charge in [0.1, 0.15) is 17.6 Å². The zero-order chi connectivity index (χ0) is 20.8. The van der Waals surface area contributed by atoms with Crippen molar-refractivity contribution in [3.63, 3.8) is 0 Å². The van der Waals surface area contributed by atoms with E-state index in [2.05, 4.69) is 29.3 Å². The Morgan fingerprint density at radius 2 is 2.07 bits per heavy atom. The van der Waals surface area contributed by atoms with E-state index in [0.717, 1.165) is 29.0 Å². The van der Waals surface area contributed by atoms with Gasteiger partial charge in [-0.3, -0.25) is 4.79 Å². The SMILES string of the molecule is CCOc1cc2c(cc1C=CC(=O)NCC(c1ccccc1)N(C)C)OC(C)C2. The van der Waals surface area contributed by atoms with Gasteiger partial charge >= 0.3 is 0 Å². The number of ether oxygens (including phenoxy) is 2. The van der Waals surface area contributed by atoms with Gasteiger partial charge in [-0.2, -0.15) is 0 Å². The predicted octanol–water partition coefficient (Wildman–Crippen LogP) is 3.84. The van der Waals surface area contributed by atoms with Crippen LogP contribution in [0, 0.1) is 0 Å². The molecule has 2 unspecified atom stereocenters. The molecule has 2 aromatic rings. The third-order valence-corrected chi connectivity index (χ3v) is 5.02. The van der Waals surface area contributed by atoms with E-state index in [1.165, 1.54) is 5.56 Å². The summed E-state index contributed by atoms with van der Waals surface area (Å²) in [6, 6.07) is 14.3. The fraction of sp³-hybridized carbons (Fsp3) is 0.375. The maximum absolute atomic E-state index is 12.4. The number of fused-ring (bicyclic) bond motifs is 1. The first-order valence-corrected chi connectivity index (χ1v) is 10.1. The molecule has 29 heavy (non-hydrogen) atoms. The summed E-state index contributed by atoms with van der Waals surface area (Å²) in [6.45, 7) is 5.11. The lowest BCUT2D eigenvalue weighted by Crippen LogP contribution is -2.33. The van der Waals surface area contributed by atoms with Gasteiger partial charge in [0.05, 0.1) is 12.6 Å². The summed E-state index contributed by atoms with van der Waals surface area (Å²) in [5, 5.41) is 3.00. The van der Waals surface area contributed by atoms with Gasteiger partial charge in [-0.05, 0) is 51.7 Å². The molecule has 0 radical (unpaired) electrons. The van der Waals surface area contributed by atoms with Gasteiger partial charge in [0.2, 0.25) is 5.91 Å². The molecule has 154 valence electrons. The average Bonchev–Trinajstić information content (AvgIpc) is 3.06. The molecule has 2 atom stereocenters. The Hall–Kier alpha value is -2.79. The minimum Gasteiger partial charge on any atom is -0.493 e. The largest absolute Gasteiger partial charge is 0.493 e. The molecular weight excluding hydrogens is 364 g/mol. The summed E-state index contributed by atoms with van der Waals surface area (Å²) in [5.41, 5.74) is 3.17. The number of carbonyl (C=O) groups excluding carboxylic acids is 1. The van der Waals surface area contributed by atoms with Gasteiger partial charge in [0.25, 0.3) is 0 Å². The first-order valence-electron chi connectivity index (χ1n) is 10.1. The van der Waals surface area contributed by atoms with Crippen molar-refractivity contribution in [3.8, 4) is 11.5 Å². The Bertz CT molecular complexity index is 862. The van der Waals surface area contributed by atoms with E-state index < -0.39 is 0 Å². The zero-order valence-electron chi connectivity index (χ0n) is 17.6. The molecule has 1 aliphatic heterocycles. The first-order chi connectivity index (χ1) is 14.0. The van der Waals surface area contributed by atoms with Crippen molar-refractivity contribution < 1.29 is 14.3 Å². The van der Waals surface area contributed by atoms with E-state index in [1.807, 2.05) is 51.4 Å². The van der Waals surface area contributed by atoms with Gasteiger partial charge in [-0.15, -0.1) is 0 Å². The number of benzene rings is 2. The number of nitrogens with one attached hydrogen (secondary N) is 1. The van der Waals surface area contributed by atoms with Crippen molar-refractivity contribution in [2.24, 2.45) is 0 Å². The van der Waals surface area contributed by atoms with E-state index in [9.17, 15) is 4.79 Å². The fourth-order valence-electron chi connectivity index (χ4n) is 3.56. The van der Waals surface area contributed by atoms with Crippen molar-refractivity contribution in [1.82, 2.24) is 10.2 Å². The summed E-state index contributed by atoms with van der Waals surface area (Å²) in [6.07, 6.45) is 4.40. The van der Waals surface area contributed by atoms with Crippen LogP contribution in [-0.2, 0) is 11.2 Å². The topological polar surface area (TPSA) is 50.8 Å². The Kier molecular flexibility index (Phi) is 6.94. The molecule has 0 saturated heterocycles. The normalized spacial score (nSPS) is 16.5. The summed E-state index contributed by atoms with van der Waals surface area (Å²) in [5.74, 6) is 1.52. The summed E-state index contributed by atoms with van der Waals surface area (Å²) >= 11 is 0. The van der Waals surface area contributed by atoms with Crippen LogP contribution < -0.4 is 14.8 Å². The third-order valence-electron chi connectivity index (χ3n) is 5.02. The minimum absolute atomic E-state index is 0.113. The summed E-state index contributed by atoms with van der Waals surface area (Å²) in [4.78, 5) is 14.5. The third kappa shape index (κ3) is 5.39. The molecule has 1 aliphatic rings. The molecule has 0 aliphatic carbocycles. The van der Waals surface area contributed by atoms with Crippen molar-refractivity contribution in [2.75, 3.05) is 27.2 Å². The maximum atomic E-state index is 12.4. The first kappa shape index (κ1) is 20.9. The van der Waals surface area contributed by atoms with Crippen LogP contribution in [0.3, 0.4) is 0 Å². The molecule has 5 heteroatoms. The highest BCUT2D eigenvalue weighted by atomic mass is 16.5. The highest BCUT2D eigenvalue weighted by molar-refractivity contribution is 5.92. The lowest BCUT2D eigenvalue weighted by molar-refractivity contribution is -0.116. The van der Waals surface area contributed by atoms with Crippen LogP contribution in [0.5, 0.6) is 11.5 Å². The molecule has 0 fully saturated rings.